The van der Waals surface area contributed by atoms with E-state index in [9.17, 15) is 4.79 Å². The van der Waals surface area contributed by atoms with Crippen LogP contribution in [0.15, 0.2) is 140 Å². The maximum Gasteiger partial charge on any atom is 0.306 e. The lowest BCUT2D eigenvalue weighted by molar-refractivity contribution is -0.145. The molecule has 496 valence electrons. The summed E-state index contributed by atoms with van der Waals surface area (Å²) in [6.45, 7) is 9.81. The van der Waals surface area contributed by atoms with Gasteiger partial charge in [-0.1, -0.05) is 285 Å². The van der Waals surface area contributed by atoms with Crippen LogP contribution in [-0.4, -0.2) is 25.8 Å². The van der Waals surface area contributed by atoms with E-state index in [0.717, 1.165) is 65.2 Å². The third-order valence-corrected chi connectivity index (χ3v) is 18.2. The monoisotopic (exact) mass is 1250 g/mol. The minimum absolute atomic E-state index is 0.0430. The second-order valence-electron chi connectivity index (χ2n) is 25.9. The van der Waals surface area contributed by atoms with Crippen molar-refractivity contribution in [3.05, 3.63) is 167 Å². The van der Waals surface area contributed by atoms with E-state index in [1.54, 1.807) is 0 Å². The molecule has 0 N–H and O–H groups in total. The van der Waals surface area contributed by atoms with Gasteiger partial charge in [0, 0.05) is 6.42 Å². The summed E-state index contributed by atoms with van der Waals surface area (Å²) in [4.78, 5) is 13.7. The summed E-state index contributed by atoms with van der Waals surface area (Å²) in [5, 5.41) is 7.57. The van der Waals surface area contributed by atoms with Crippen LogP contribution in [0.3, 0.4) is 0 Å². The summed E-state index contributed by atoms with van der Waals surface area (Å²) >= 11 is 0. The maximum absolute atomic E-state index is 13.7. The van der Waals surface area contributed by atoms with E-state index >= 15 is 0 Å². The van der Waals surface area contributed by atoms with Gasteiger partial charge >= 0.3 is 5.97 Å². The Morgan fingerprint density at radius 3 is 1.09 bits per heavy atom. The molecule has 0 aliphatic carbocycles. The van der Waals surface area contributed by atoms with Crippen LogP contribution in [0.2, 0.25) is 0 Å². The number of aryl methyl sites for hydroxylation is 1. The van der Waals surface area contributed by atoms with Crippen molar-refractivity contribution in [1.82, 2.24) is 0 Å². The zero-order valence-corrected chi connectivity index (χ0v) is 56.8. The molecule has 0 saturated carbocycles. The van der Waals surface area contributed by atoms with Gasteiger partial charge in [0.15, 0.2) is 11.5 Å². The first kappa shape index (κ1) is 70.9. The Labute approximate surface area is 554 Å². The molecule has 0 heterocycles. The average molecular weight is 1250 g/mol. The molecule has 0 unspecified atom stereocenters. The summed E-state index contributed by atoms with van der Waals surface area (Å²) < 4.78 is 45.0. The Bertz CT molecular complexity index is 3150. The van der Waals surface area contributed by atoms with Gasteiger partial charge < -0.3 is 33.2 Å². The van der Waals surface area contributed by atoms with Gasteiger partial charge in [0.25, 0.3) is 0 Å². The second-order valence-corrected chi connectivity index (χ2v) is 25.9. The fraction of sp³-hybridized carbons (Fsp3) is 0.512. The van der Waals surface area contributed by atoms with Gasteiger partial charge in [0.1, 0.15) is 43.7 Å². The minimum Gasteiger partial charge on any atom is -0.494 e. The molecule has 0 amide bonds. The van der Waals surface area contributed by atoms with Crippen LogP contribution < -0.4 is 28.4 Å². The van der Waals surface area contributed by atoms with Crippen molar-refractivity contribution in [1.29, 1.82) is 0 Å². The molecule has 8 heteroatoms. The molecule has 8 aromatic rings. The van der Waals surface area contributed by atoms with Gasteiger partial charge in [-0.3, -0.25) is 4.79 Å². The van der Waals surface area contributed by atoms with E-state index in [-0.39, 0.29) is 38.8 Å². The number of carbonyl (C=O) groups excluding carboxylic acids is 1. The van der Waals surface area contributed by atoms with Crippen LogP contribution >= 0.6 is 0 Å². The Balaban J connectivity index is 0.922. The van der Waals surface area contributed by atoms with Crippen LogP contribution in [0.4, 0.5) is 0 Å². The van der Waals surface area contributed by atoms with E-state index in [4.69, 9.17) is 33.2 Å². The van der Waals surface area contributed by atoms with Crippen LogP contribution in [0.25, 0.3) is 32.3 Å². The van der Waals surface area contributed by atoms with Crippen molar-refractivity contribution in [2.45, 2.75) is 259 Å². The number of rotatable bonds is 51. The van der Waals surface area contributed by atoms with Crippen molar-refractivity contribution in [3.8, 4) is 34.5 Å². The Hall–Kier alpha value is -6.93. The van der Waals surface area contributed by atoms with Crippen LogP contribution in [0, 0.1) is 0 Å². The predicted molar refractivity (Wildman–Crippen MR) is 384 cm³/mol. The summed E-state index contributed by atoms with van der Waals surface area (Å²) in [5.41, 5.74) is 4.92. The summed E-state index contributed by atoms with van der Waals surface area (Å²) in [7, 11) is 0. The van der Waals surface area contributed by atoms with Crippen molar-refractivity contribution in [3.63, 3.8) is 0 Å². The molecule has 0 bridgehead atoms. The normalized spacial score (nSPS) is 11.5. The van der Waals surface area contributed by atoms with Crippen molar-refractivity contribution < 1.29 is 38.0 Å². The lowest BCUT2D eigenvalue weighted by Crippen LogP contribution is -2.08. The summed E-state index contributed by atoms with van der Waals surface area (Å²) in [6, 6.07) is 48.2. The standard InChI is InChI=1S/C84H112O8/c1-4-7-10-13-16-19-22-25-28-31-58-86-75-51-40-67(41-52-75)63-89-79-61-70(66-91-81(85)39-35-36-71-46-47-74-49-48-72-37-34-38-73-50-57-78(71)83(74)82(72)73)62-80(90-64-68-42-53-76(54-43-68)87-59-32-29-26-23-20-17-14-11-8-5-2)84(79)92-65-69-44-55-77(56-45-69)88-60-33-30-27-24-21-18-15-12-9-6-3/h34,37-38,40-57,61-62H,4-33,35-36,39,58-60,63-66H2,1-3H3. The molecule has 0 aromatic heterocycles. The topological polar surface area (TPSA) is 81.7 Å². The smallest absolute Gasteiger partial charge is 0.306 e. The highest BCUT2D eigenvalue weighted by molar-refractivity contribution is 6.23. The van der Waals surface area contributed by atoms with E-state index in [1.807, 2.05) is 48.5 Å². The number of carbonyl (C=O) groups is 1. The molecule has 0 fully saturated rings. The highest BCUT2D eigenvalue weighted by Crippen LogP contribution is 2.42. The number of esters is 1. The Kier molecular flexibility index (Phi) is 32.6. The van der Waals surface area contributed by atoms with Crippen molar-refractivity contribution in [2.24, 2.45) is 0 Å². The van der Waals surface area contributed by atoms with Gasteiger partial charge in [-0.2, -0.15) is 0 Å². The number of ether oxygens (including phenoxy) is 7. The zero-order chi connectivity index (χ0) is 63.9. The quantitative estimate of drug-likeness (QED) is 0.0212. The third-order valence-electron chi connectivity index (χ3n) is 18.2. The number of benzene rings is 8. The van der Waals surface area contributed by atoms with E-state index < -0.39 is 0 Å². The molecule has 0 radical (unpaired) electrons. The molecule has 0 aliphatic rings. The van der Waals surface area contributed by atoms with Gasteiger partial charge in [-0.25, -0.2) is 0 Å². The number of hydrogen-bond acceptors (Lipinski definition) is 8. The first-order valence-electron chi connectivity index (χ1n) is 36.5. The lowest BCUT2D eigenvalue weighted by atomic mass is 9.90. The van der Waals surface area contributed by atoms with Gasteiger partial charge in [-0.05, 0) is 141 Å². The van der Waals surface area contributed by atoms with E-state index in [1.165, 1.54) is 211 Å². The molecule has 92 heavy (non-hydrogen) atoms. The Morgan fingerprint density at radius 2 is 0.674 bits per heavy atom. The Morgan fingerprint density at radius 1 is 0.315 bits per heavy atom. The lowest BCUT2D eigenvalue weighted by Gasteiger charge is -2.19. The van der Waals surface area contributed by atoms with E-state index in [2.05, 4.69) is 112 Å². The largest absolute Gasteiger partial charge is 0.494 e. The second kappa shape index (κ2) is 42.3. The molecule has 0 saturated heterocycles. The molecule has 0 atom stereocenters. The van der Waals surface area contributed by atoms with Crippen molar-refractivity contribution in [2.75, 3.05) is 19.8 Å². The molecular formula is C84H112O8. The highest BCUT2D eigenvalue weighted by Gasteiger charge is 2.19. The van der Waals surface area contributed by atoms with Crippen LogP contribution in [0.5, 0.6) is 34.5 Å². The molecule has 8 nitrogen and oxygen atoms in total. The highest BCUT2D eigenvalue weighted by atomic mass is 16.5. The van der Waals surface area contributed by atoms with Gasteiger partial charge in [0.2, 0.25) is 5.75 Å². The molecular weight excluding hydrogens is 1140 g/mol. The SMILES string of the molecule is CCCCCCCCCCCCOc1ccc(COc2cc(COC(=O)CCCc3ccc4ccc5cccc6ccc3c4c56)cc(OCc3ccc(OCCCCCCCCCCCC)cc3)c2OCc2ccc(OCCCCCCCCCCCC)cc2)cc1. The van der Waals surface area contributed by atoms with E-state index in [0.29, 0.717) is 43.5 Å². The van der Waals surface area contributed by atoms with Crippen LogP contribution in [0.1, 0.15) is 254 Å². The average Bonchev–Trinajstić information content (AvgIpc) is 0.760. The number of hydrogen-bond donors (Lipinski definition) is 0. The third kappa shape index (κ3) is 25.2. The summed E-state index contributed by atoms with van der Waals surface area (Å²) in [6.07, 6.45) is 40.5. The number of unbranched alkanes of at least 4 members (excludes halogenated alkanes) is 27. The maximum atomic E-state index is 13.7. The molecule has 8 rings (SSSR count). The first-order chi connectivity index (χ1) is 45.5. The van der Waals surface area contributed by atoms with Gasteiger partial charge in [-0.15, -0.1) is 0 Å². The van der Waals surface area contributed by atoms with Crippen LogP contribution in [-0.2, 0) is 42.4 Å². The first-order valence-corrected chi connectivity index (χ1v) is 36.5. The fourth-order valence-corrected chi connectivity index (χ4v) is 12.6. The minimum atomic E-state index is -0.255. The van der Waals surface area contributed by atoms with Gasteiger partial charge in [0.05, 0.1) is 19.8 Å². The molecule has 8 aromatic carbocycles. The zero-order valence-electron chi connectivity index (χ0n) is 56.8. The predicted octanol–water partition coefficient (Wildman–Crippen LogP) is 24.3. The fourth-order valence-electron chi connectivity index (χ4n) is 12.6. The summed E-state index contributed by atoms with van der Waals surface area (Å²) in [5.74, 6) is 3.78. The van der Waals surface area contributed by atoms with Crippen molar-refractivity contribution >= 4 is 38.3 Å². The molecule has 0 aliphatic heterocycles. The molecule has 0 spiro atoms.